The fourth-order valence-electron chi connectivity index (χ4n) is 1.08. The van der Waals surface area contributed by atoms with Crippen molar-refractivity contribution in [2.45, 2.75) is 34.6 Å². The fraction of sp³-hybridized carbons (Fsp3) is 0.800. The summed E-state index contributed by atoms with van der Waals surface area (Å²) < 4.78 is 1.39. The van der Waals surface area contributed by atoms with E-state index in [0.29, 0.717) is 12.5 Å². The zero-order valence-corrected chi connectivity index (χ0v) is 11.3. The van der Waals surface area contributed by atoms with Crippen LogP contribution in [0.1, 0.15) is 34.6 Å². The van der Waals surface area contributed by atoms with E-state index in [1.165, 1.54) is 9.15 Å². The van der Waals surface area contributed by atoms with Gasteiger partial charge in [0.05, 0.1) is 6.54 Å². The van der Waals surface area contributed by atoms with E-state index in [9.17, 15) is 0 Å². The number of hydrogen-bond acceptors (Lipinski definition) is 2. The Kier molecular flexibility index (Phi) is 5.10. The summed E-state index contributed by atoms with van der Waals surface area (Å²) in [7, 11) is 0. The topological polar surface area (TPSA) is 36.2 Å². The Bertz CT molecular complexity index is 213. The van der Waals surface area contributed by atoms with E-state index in [0.717, 1.165) is 0 Å². The van der Waals surface area contributed by atoms with Crippen molar-refractivity contribution >= 4 is 22.6 Å². The van der Waals surface area contributed by atoms with Gasteiger partial charge in [-0.25, -0.2) is 5.53 Å². The summed E-state index contributed by atoms with van der Waals surface area (Å²) in [6, 6.07) is 0. The Balaban J connectivity index is 4.70. The maximum atomic E-state index is 6.82. The molecule has 0 saturated carbocycles. The van der Waals surface area contributed by atoms with Gasteiger partial charge < -0.3 is 0 Å². The van der Waals surface area contributed by atoms with Gasteiger partial charge in [0, 0.05) is 0 Å². The van der Waals surface area contributed by atoms with Gasteiger partial charge in [0.2, 0.25) is 0 Å². The van der Waals surface area contributed by atoms with Crippen LogP contribution in [0.3, 0.4) is 0 Å². The Morgan fingerprint density at radius 2 is 1.92 bits per heavy atom. The summed E-state index contributed by atoms with van der Waals surface area (Å²) >= 11 is 2.41. The molecule has 0 spiro atoms. The van der Waals surface area contributed by atoms with Crippen LogP contribution in [-0.4, -0.2) is 6.54 Å². The molecule has 0 bridgehead atoms. The molecule has 0 saturated heterocycles. The van der Waals surface area contributed by atoms with Gasteiger partial charge in [-0.2, -0.15) is 5.11 Å². The van der Waals surface area contributed by atoms with Crippen molar-refractivity contribution in [1.82, 2.24) is 0 Å². The second kappa shape index (κ2) is 5.08. The van der Waals surface area contributed by atoms with Gasteiger partial charge in [-0.1, -0.05) is 33.3 Å². The van der Waals surface area contributed by atoms with Gasteiger partial charge in [-0.05, 0) is 44.4 Å². The van der Waals surface area contributed by atoms with Gasteiger partial charge in [-0.3, -0.25) is 0 Å². The van der Waals surface area contributed by atoms with Gasteiger partial charge in [0.25, 0.3) is 0 Å². The molecule has 1 N–H and O–H groups in total. The largest absolute Gasteiger partial charge is 0.210 e. The number of halogens is 1. The van der Waals surface area contributed by atoms with Crippen LogP contribution in [0, 0.1) is 16.9 Å². The van der Waals surface area contributed by atoms with E-state index in [-0.39, 0.29) is 5.41 Å². The molecule has 1 unspecified atom stereocenters. The molecule has 0 amide bonds. The number of hydrogen-bond donors (Lipinski definition) is 1. The minimum atomic E-state index is 0.223. The van der Waals surface area contributed by atoms with Gasteiger partial charge in [0.15, 0.2) is 0 Å². The van der Waals surface area contributed by atoms with E-state index < -0.39 is 0 Å². The molecule has 0 aromatic carbocycles. The maximum Gasteiger partial charge on any atom is 0.0659 e. The smallest absolute Gasteiger partial charge is 0.0659 e. The lowest BCUT2D eigenvalue weighted by Crippen LogP contribution is -2.11. The Hall–Kier alpha value is 0.0700. The van der Waals surface area contributed by atoms with Crippen molar-refractivity contribution < 1.29 is 0 Å². The van der Waals surface area contributed by atoms with Gasteiger partial charge >= 0.3 is 0 Å². The average Bonchev–Trinajstić information content (AvgIpc) is 2.00. The Labute approximate surface area is 94.8 Å². The van der Waals surface area contributed by atoms with Crippen LogP contribution in [0.2, 0.25) is 0 Å². The summed E-state index contributed by atoms with van der Waals surface area (Å²) in [5.41, 5.74) is 8.41. The third kappa shape index (κ3) is 4.20. The van der Waals surface area contributed by atoms with Crippen LogP contribution in [-0.2, 0) is 0 Å². The highest BCUT2D eigenvalue weighted by atomic mass is 127. The lowest BCUT2D eigenvalue weighted by Gasteiger charge is -2.23. The molecule has 0 rings (SSSR count). The van der Waals surface area contributed by atoms with E-state index in [2.05, 4.69) is 62.3 Å². The SMILES string of the molecule is C/C(=C(\I)C(C)(C)C)C(C)CN=N. The van der Waals surface area contributed by atoms with Crippen molar-refractivity contribution in [2.24, 2.45) is 16.4 Å². The number of nitrogens with one attached hydrogen (secondary N) is 1. The molecule has 0 aromatic heterocycles. The Morgan fingerprint density at radius 3 is 2.23 bits per heavy atom. The highest BCUT2D eigenvalue weighted by molar-refractivity contribution is 14.1. The second-order valence-corrected chi connectivity index (χ2v) is 5.57. The van der Waals surface area contributed by atoms with Crippen molar-refractivity contribution in [3.05, 3.63) is 9.15 Å². The molecule has 0 heterocycles. The summed E-state index contributed by atoms with van der Waals surface area (Å²) in [5, 5.41) is 3.43. The lowest BCUT2D eigenvalue weighted by molar-refractivity contribution is 0.521. The molecule has 0 aromatic rings. The first kappa shape index (κ1) is 13.1. The molecule has 2 nitrogen and oxygen atoms in total. The zero-order valence-electron chi connectivity index (χ0n) is 9.11. The first-order valence-corrected chi connectivity index (χ1v) is 5.58. The average molecular weight is 294 g/mol. The summed E-state index contributed by atoms with van der Waals surface area (Å²) in [4.78, 5) is 0. The summed E-state index contributed by atoms with van der Waals surface area (Å²) in [6.45, 7) is 11.5. The summed E-state index contributed by atoms with van der Waals surface area (Å²) in [5.74, 6) is 0.392. The van der Waals surface area contributed by atoms with E-state index >= 15 is 0 Å². The minimum absolute atomic E-state index is 0.223. The molecule has 0 aliphatic carbocycles. The molecule has 0 aliphatic rings. The predicted molar refractivity (Wildman–Crippen MR) is 65.4 cm³/mol. The van der Waals surface area contributed by atoms with Crippen molar-refractivity contribution in [2.75, 3.05) is 6.54 Å². The van der Waals surface area contributed by atoms with E-state index in [1.807, 2.05) is 0 Å². The van der Waals surface area contributed by atoms with Crippen LogP contribution in [0.25, 0.3) is 0 Å². The van der Waals surface area contributed by atoms with Crippen LogP contribution in [0.15, 0.2) is 14.3 Å². The maximum absolute atomic E-state index is 6.82. The lowest BCUT2D eigenvalue weighted by atomic mass is 9.90. The monoisotopic (exact) mass is 294 g/mol. The normalized spacial score (nSPS) is 16.5. The molecule has 0 radical (unpaired) electrons. The number of allylic oxidation sites excluding steroid dienone is 1. The molecular weight excluding hydrogens is 275 g/mol. The first-order chi connectivity index (χ1) is 5.80. The first-order valence-electron chi connectivity index (χ1n) is 4.50. The Morgan fingerprint density at radius 1 is 1.46 bits per heavy atom. The predicted octanol–water partition coefficient (Wildman–Crippen LogP) is 4.41. The van der Waals surface area contributed by atoms with E-state index in [1.54, 1.807) is 0 Å². The molecule has 1 atom stereocenters. The molecule has 0 aliphatic heterocycles. The van der Waals surface area contributed by atoms with E-state index in [4.69, 9.17) is 5.53 Å². The van der Waals surface area contributed by atoms with Crippen LogP contribution >= 0.6 is 22.6 Å². The highest BCUT2D eigenvalue weighted by Gasteiger charge is 2.19. The summed E-state index contributed by atoms with van der Waals surface area (Å²) in [6.07, 6.45) is 0. The van der Waals surface area contributed by atoms with Crippen LogP contribution in [0.5, 0.6) is 0 Å². The molecule has 3 heteroatoms. The zero-order chi connectivity index (χ0) is 10.6. The van der Waals surface area contributed by atoms with Gasteiger partial charge in [0.1, 0.15) is 0 Å². The standard InChI is InChI=1S/C10H19IN2/c1-7(6-13-12)8(2)9(11)10(3,4)5/h7,12H,6H2,1-5H3/b9-8+,13-12?. The van der Waals surface area contributed by atoms with Crippen LogP contribution in [0.4, 0.5) is 0 Å². The molecular formula is C10H19IN2. The molecule has 0 fully saturated rings. The molecule has 76 valence electrons. The fourth-order valence-corrected chi connectivity index (χ4v) is 1.61. The number of rotatable bonds is 3. The third-order valence-corrected chi connectivity index (χ3v) is 4.58. The third-order valence-electron chi connectivity index (χ3n) is 2.11. The van der Waals surface area contributed by atoms with Gasteiger partial charge in [-0.15, -0.1) is 0 Å². The van der Waals surface area contributed by atoms with Crippen molar-refractivity contribution in [3.8, 4) is 0 Å². The number of nitrogens with zero attached hydrogens (tertiary/aromatic N) is 1. The molecule has 13 heavy (non-hydrogen) atoms. The van der Waals surface area contributed by atoms with Crippen molar-refractivity contribution in [1.29, 1.82) is 5.53 Å². The quantitative estimate of drug-likeness (QED) is 0.591. The highest BCUT2D eigenvalue weighted by Crippen LogP contribution is 2.35. The van der Waals surface area contributed by atoms with Crippen LogP contribution < -0.4 is 0 Å². The minimum Gasteiger partial charge on any atom is -0.210 e. The van der Waals surface area contributed by atoms with Crippen molar-refractivity contribution in [3.63, 3.8) is 0 Å². The second-order valence-electron chi connectivity index (χ2n) is 4.49.